The minimum Gasteiger partial charge on any atom is -0.288 e. The van der Waals surface area contributed by atoms with Crippen molar-refractivity contribution in [2.45, 2.75) is 19.8 Å². The number of hydrogen-bond donors (Lipinski definition) is 1. The number of rotatable bonds is 1. The van der Waals surface area contributed by atoms with Crippen molar-refractivity contribution in [3.8, 4) is 0 Å². The maximum Gasteiger partial charge on any atom is 0.0212 e. The summed E-state index contributed by atoms with van der Waals surface area (Å²) < 4.78 is 3.09. The predicted molar refractivity (Wildman–Crippen MR) is 46.8 cm³/mol. The summed E-state index contributed by atoms with van der Waals surface area (Å²) in [6.07, 6.45) is 2.76. The van der Waals surface area contributed by atoms with E-state index in [9.17, 15) is 0 Å². The number of hydrogen-bond acceptors (Lipinski definition) is 1. The third-order valence-electron chi connectivity index (χ3n) is 1.18. The highest BCUT2D eigenvalue weighted by molar-refractivity contribution is 14.2. The van der Waals surface area contributed by atoms with Crippen molar-refractivity contribution >= 4 is 24.4 Å². The molecule has 1 N–H and O–H groups in total. The Morgan fingerprint density at radius 3 is 3.12 bits per heavy atom. The summed E-state index contributed by atoms with van der Waals surface area (Å²) in [5, 5.41) is 3.42. The predicted octanol–water partition coefficient (Wildman–Crippen LogP) is 1.49. The van der Waals surface area contributed by atoms with Gasteiger partial charge in [-0.2, -0.15) is 0 Å². The van der Waals surface area contributed by atoms with Gasteiger partial charge in [0.2, 0.25) is 0 Å². The second-order valence-electron chi connectivity index (χ2n) is 1.84. The van der Waals surface area contributed by atoms with Crippen molar-refractivity contribution in [3.05, 3.63) is 0 Å². The Hall–Kier alpha value is 0.560. The lowest BCUT2D eigenvalue weighted by atomic mass is 10.4. The maximum atomic E-state index is 3.42. The molecule has 0 bridgehead atoms. The Kier molecular flexibility index (Phi) is 2.97. The van der Waals surface area contributed by atoms with E-state index in [1.165, 1.54) is 23.8 Å². The summed E-state index contributed by atoms with van der Waals surface area (Å²) in [6, 6.07) is 0. The Morgan fingerprint density at radius 2 is 2.62 bits per heavy atom. The molecule has 1 saturated heterocycles. The zero-order valence-electron chi connectivity index (χ0n) is 5.21. The van der Waals surface area contributed by atoms with Gasteiger partial charge in [-0.05, 0) is 17.3 Å². The summed E-state index contributed by atoms with van der Waals surface area (Å²) in [4.78, 5) is 0. The Morgan fingerprint density at radius 1 is 1.75 bits per heavy atom. The van der Waals surface area contributed by atoms with E-state index in [0.29, 0.717) is 20.7 Å². The van der Waals surface area contributed by atoms with E-state index < -0.39 is 0 Å². The summed E-state index contributed by atoms with van der Waals surface area (Å²) >= 11 is 0.430. The van der Waals surface area contributed by atoms with E-state index in [1.54, 1.807) is 3.63 Å². The van der Waals surface area contributed by atoms with Crippen LogP contribution in [0.15, 0.2) is 0 Å². The molecule has 8 heavy (non-hydrogen) atoms. The second kappa shape index (κ2) is 3.56. The minimum atomic E-state index is 0.430. The summed E-state index contributed by atoms with van der Waals surface area (Å²) in [5.74, 6) is 0. The molecule has 0 aromatic carbocycles. The van der Waals surface area contributed by atoms with Crippen LogP contribution in [-0.2, 0) is 0 Å². The molecular formula is C6H12IN. The molecule has 0 radical (unpaired) electrons. The van der Waals surface area contributed by atoms with E-state index in [2.05, 4.69) is 12.2 Å². The summed E-state index contributed by atoms with van der Waals surface area (Å²) in [5.41, 5.74) is 0. The van der Waals surface area contributed by atoms with Gasteiger partial charge in [-0.1, -0.05) is 6.92 Å². The molecule has 0 saturated carbocycles. The molecule has 1 aliphatic heterocycles. The fourth-order valence-electron chi connectivity index (χ4n) is 0.831. The van der Waals surface area contributed by atoms with Crippen LogP contribution >= 0.6 is 20.7 Å². The van der Waals surface area contributed by atoms with Crippen molar-refractivity contribution in [2.24, 2.45) is 0 Å². The Balaban J connectivity index is 2.33. The smallest absolute Gasteiger partial charge is 0.0212 e. The largest absolute Gasteiger partial charge is 0.288 e. The quantitative estimate of drug-likeness (QED) is 0.526. The zero-order valence-corrected chi connectivity index (χ0v) is 7.36. The first-order valence-electron chi connectivity index (χ1n) is 3.12. The van der Waals surface area contributed by atoms with Gasteiger partial charge in [0.25, 0.3) is 0 Å². The molecule has 1 nitrogen and oxygen atoms in total. The molecule has 0 aromatic rings. The fraction of sp³-hybridized carbons (Fsp3) is 0.833. The summed E-state index contributed by atoms with van der Waals surface area (Å²) in [6.45, 7) is 3.52. The van der Waals surface area contributed by atoms with Crippen molar-refractivity contribution in [2.75, 3.05) is 11.0 Å². The van der Waals surface area contributed by atoms with E-state index in [-0.39, 0.29) is 0 Å². The van der Waals surface area contributed by atoms with Crippen molar-refractivity contribution < 1.29 is 0 Å². The lowest BCUT2D eigenvalue weighted by Crippen LogP contribution is -2.11. The van der Waals surface area contributed by atoms with Crippen molar-refractivity contribution in [1.82, 2.24) is 5.32 Å². The third-order valence-corrected chi connectivity index (χ3v) is 3.79. The first kappa shape index (κ1) is 6.68. The van der Waals surface area contributed by atoms with Gasteiger partial charge in [-0.3, -0.25) is 5.32 Å². The first-order valence-corrected chi connectivity index (χ1v) is 5.72. The molecule has 0 aliphatic carbocycles. The van der Waals surface area contributed by atoms with Gasteiger partial charge in [-0.15, -0.1) is 20.7 Å². The molecule has 0 unspecified atom stereocenters. The average molecular weight is 225 g/mol. The topological polar surface area (TPSA) is 12.0 Å². The van der Waals surface area contributed by atoms with Crippen molar-refractivity contribution in [1.29, 1.82) is 0 Å². The van der Waals surface area contributed by atoms with Crippen LogP contribution in [0.3, 0.4) is 0 Å². The molecule has 48 valence electrons. The van der Waals surface area contributed by atoms with Crippen LogP contribution in [0.2, 0.25) is 0 Å². The first-order chi connectivity index (χ1) is 3.93. The molecule has 0 aromatic heterocycles. The highest BCUT2D eigenvalue weighted by Gasteiger charge is 2.03. The van der Waals surface area contributed by atoms with E-state index in [4.69, 9.17) is 0 Å². The Labute approximate surface area is 60.6 Å². The van der Waals surface area contributed by atoms with Crippen LogP contribution in [0.25, 0.3) is 0 Å². The average Bonchev–Trinajstić information content (AvgIpc) is 2.19. The van der Waals surface area contributed by atoms with Crippen molar-refractivity contribution in [3.63, 3.8) is 0 Å². The minimum absolute atomic E-state index is 0.430. The van der Waals surface area contributed by atoms with Crippen LogP contribution in [0.4, 0.5) is 0 Å². The van der Waals surface area contributed by atoms with Gasteiger partial charge < -0.3 is 0 Å². The van der Waals surface area contributed by atoms with Crippen LogP contribution < -0.4 is 5.32 Å². The van der Waals surface area contributed by atoms with Gasteiger partial charge in [0.05, 0.1) is 0 Å². The van der Waals surface area contributed by atoms with Gasteiger partial charge in [0, 0.05) is 10.2 Å². The van der Waals surface area contributed by atoms with Gasteiger partial charge in [0.1, 0.15) is 0 Å². The maximum absolute atomic E-state index is 3.42. The molecule has 2 heteroatoms. The normalized spacial score (nSPS) is 25.9. The second-order valence-corrected chi connectivity index (χ2v) is 5.43. The molecule has 1 aliphatic rings. The number of halogens is 1. The molecule has 1 rings (SSSR count). The monoisotopic (exact) mass is 225 g/mol. The molecular weight excluding hydrogens is 213 g/mol. The van der Waals surface area contributed by atoms with Crippen LogP contribution in [0.5, 0.6) is 0 Å². The molecule has 1 fully saturated rings. The van der Waals surface area contributed by atoms with Crippen LogP contribution in [-0.4, -0.2) is 14.6 Å². The molecule has 1 heterocycles. The van der Waals surface area contributed by atoms with Crippen LogP contribution in [0, 0.1) is 0 Å². The van der Waals surface area contributed by atoms with E-state index in [0.717, 1.165) is 0 Å². The van der Waals surface area contributed by atoms with E-state index in [1.807, 2.05) is 0 Å². The molecule has 0 atom stereocenters. The number of nitrogens with one attached hydrogen (secondary N) is 1. The zero-order chi connectivity index (χ0) is 5.82. The third kappa shape index (κ3) is 1.82. The number of alkyl halides is 1. The van der Waals surface area contributed by atoms with Gasteiger partial charge >= 0.3 is 0 Å². The van der Waals surface area contributed by atoms with Gasteiger partial charge in [0.15, 0.2) is 0 Å². The van der Waals surface area contributed by atoms with Crippen LogP contribution in [0.1, 0.15) is 19.8 Å². The highest BCUT2D eigenvalue weighted by Crippen LogP contribution is 2.07. The lowest BCUT2D eigenvalue weighted by molar-refractivity contribution is 0.913. The fourth-order valence-corrected chi connectivity index (χ4v) is 3.05. The standard InChI is InChI=1S/C6H12IN/c1-2-7-6-4-3-5-8-6/h8H,2-5H2,1H3. The summed E-state index contributed by atoms with van der Waals surface area (Å²) in [7, 11) is 0. The van der Waals surface area contributed by atoms with Gasteiger partial charge in [-0.25, -0.2) is 0 Å². The molecule has 0 spiro atoms. The molecule has 0 amide bonds. The highest BCUT2D eigenvalue weighted by atomic mass is 127. The SMILES string of the molecule is CCI=C1CCCN1. The Bertz CT molecular complexity index is 90.7. The van der Waals surface area contributed by atoms with E-state index >= 15 is 0 Å². The lowest BCUT2D eigenvalue weighted by Gasteiger charge is -1.90.